The molecule has 6 nitrogen and oxygen atoms in total. The van der Waals surface area contributed by atoms with Gasteiger partial charge in [0, 0.05) is 30.0 Å². The summed E-state index contributed by atoms with van der Waals surface area (Å²) in [6.07, 6.45) is 6.82. The number of carbonyl (C=O) groups is 1. The number of imidazole rings is 1. The molecule has 0 spiro atoms. The van der Waals surface area contributed by atoms with Gasteiger partial charge in [-0.25, -0.2) is 17.8 Å². The molecule has 0 fully saturated rings. The highest BCUT2D eigenvalue weighted by molar-refractivity contribution is 7.98. The van der Waals surface area contributed by atoms with Crippen molar-refractivity contribution in [3.63, 3.8) is 0 Å². The molecule has 2 aromatic heterocycles. The lowest BCUT2D eigenvalue weighted by Gasteiger charge is -2.09. The summed E-state index contributed by atoms with van der Waals surface area (Å²) in [5, 5.41) is 2.81. The van der Waals surface area contributed by atoms with E-state index in [9.17, 15) is 17.6 Å². The van der Waals surface area contributed by atoms with Crippen LogP contribution in [0.3, 0.4) is 0 Å². The van der Waals surface area contributed by atoms with Gasteiger partial charge in [0.25, 0.3) is 5.91 Å². The number of benzene rings is 2. The van der Waals surface area contributed by atoms with E-state index in [1.165, 1.54) is 36.0 Å². The first-order valence-corrected chi connectivity index (χ1v) is 12.0. The van der Waals surface area contributed by atoms with Gasteiger partial charge in [-0.15, -0.1) is 11.8 Å². The molecule has 0 aliphatic heterocycles. The Hall–Kier alpha value is -3.17. The fraction of sp³-hybridized carbons (Fsp3) is 0.0909. The molecular weight excluding hydrogens is 437 g/mol. The number of amides is 1. The van der Waals surface area contributed by atoms with Gasteiger partial charge >= 0.3 is 0 Å². The Morgan fingerprint density at radius 2 is 1.84 bits per heavy atom. The van der Waals surface area contributed by atoms with E-state index >= 15 is 0 Å². The van der Waals surface area contributed by atoms with Crippen LogP contribution in [0, 0.1) is 5.82 Å². The smallest absolute Gasteiger partial charge is 0.253 e. The molecule has 0 radical (unpaired) electrons. The van der Waals surface area contributed by atoms with Crippen LogP contribution in [0.2, 0.25) is 0 Å². The molecule has 4 aromatic rings. The number of sulfone groups is 1. The second kappa shape index (κ2) is 8.52. The maximum atomic E-state index is 14.0. The zero-order chi connectivity index (χ0) is 22.0. The van der Waals surface area contributed by atoms with Crippen molar-refractivity contribution in [2.24, 2.45) is 0 Å². The summed E-state index contributed by atoms with van der Waals surface area (Å²) in [4.78, 5) is 16.9. The highest BCUT2D eigenvalue weighted by Gasteiger charge is 2.19. The molecule has 1 amide bonds. The summed E-state index contributed by atoms with van der Waals surface area (Å²) in [7, 11) is -3.84. The van der Waals surface area contributed by atoms with Crippen molar-refractivity contribution in [3.05, 3.63) is 90.1 Å². The molecule has 2 heterocycles. The number of hydrogen-bond donors (Lipinski definition) is 1. The minimum Gasteiger partial charge on any atom is -0.348 e. The standard InChI is InChI=1S/C22H18FN3O3S2/c1-30-20-8-7-18(12-19(20)23)31(28,29)17-5-2-15(3-6-17)13-25-22(27)16-4-9-21-24-10-11-26(21)14-16/h2-12,14H,13H2,1H3,(H,25,27). The molecule has 0 aliphatic carbocycles. The zero-order valence-electron chi connectivity index (χ0n) is 16.4. The third kappa shape index (κ3) is 4.33. The molecule has 158 valence electrons. The average molecular weight is 456 g/mol. The second-order valence-electron chi connectivity index (χ2n) is 6.74. The Bertz CT molecular complexity index is 1370. The fourth-order valence-electron chi connectivity index (χ4n) is 3.08. The largest absolute Gasteiger partial charge is 0.348 e. The Labute approximate surface area is 183 Å². The molecule has 1 N–H and O–H groups in total. The molecule has 0 atom stereocenters. The van der Waals surface area contributed by atoms with E-state index in [0.717, 1.165) is 17.3 Å². The first-order valence-electron chi connectivity index (χ1n) is 9.27. The van der Waals surface area contributed by atoms with Gasteiger partial charge in [-0.05, 0) is 54.3 Å². The van der Waals surface area contributed by atoms with Crippen LogP contribution in [-0.4, -0.2) is 30.0 Å². The average Bonchev–Trinajstić information content (AvgIpc) is 3.25. The summed E-state index contributed by atoms with van der Waals surface area (Å²) in [5.74, 6) is -0.821. The number of pyridine rings is 1. The lowest BCUT2D eigenvalue weighted by molar-refractivity contribution is 0.0950. The van der Waals surface area contributed by atoms with Gasteiger partial charge in [-0.1, -0.05) is 12.1 Å². The molecule has 0 saturated heterocycles. The van der Waals surface area contributed by atoms with Gasteiger partial charge in [0.1, 0.15) is 11.5 Å². The zero-order valence-corrected chi connectivity index (χ0v) is 18.1. The number of fused-ring (bicyclic) bond motifs is 1. The van der Waals surface area contributed by atoms with Gasteiger partial charge < -0.3 is 9.72 Å². The van der Waals surface area contributed by atoms with Gasteiger partial charge in [-0.3, -0.25) is 4.79 Å². The topological polar surface area (TPSA) is 80.5 Å². The molecule has 4 rings (SSSR count). The molecule has 0 saturated carbocycles. The third-order valence-corrected chi connectivity index (χ3v) is 7.31. The van der Waals surface area contributed by atoms with Gasteiger partial charge in [0.15, 0.2) is 0 Å². The van der Waals surface area contributed by atoms with E-state index in [2.05, 4.69) is 10.3 Å². The Morgan fingerprint density at radius 1 is 1.10 bits per heavy atom. The minimum absolute atomic E-state index is 0.0597. The van der Waals surface area contributed by atoms with Crippen LogP contribution in [0.4, 0.5) is 4.39 Å². The van der Waals surface area contributed by atoms with Crippen molar-refractivity contribution in [2.45, 2.75) is 21.2 Å². The minimum atomic E-state index is -3.84. The number of nitrogens with zero attached hydrogens (tertiary/aromatic N) is 2. The van der Waals surface area contributed by atoms with Crippen molar-refractivity contribution in [3.8, 4) is 0 Å². The molecular formula is C22H18FN3O3S2. The van der Waals surface area contributed by atoms with Crippen LogP contribution >= 0.6 is 11.8 Å². The summed E-state index contributed by atoms with van der Waals surface area (Å²) in [5.41, 5.74) is 1.97. The summed E-state index contributed by atoms with van der Waals surface area (Å²) >= 11 is 1.21. The first-order chi connectivity index (χ1) is 14.9. The van der Waals surface area contributed by atoms with E-state index in [1.807, 2.05) is 0 Å². The second-order valence-corrected chi connectivity index (χ2v) is 9.53. The maximum absolute atomic E-state index is 14.0. The first kappa shape index (κ1) is 21.1. The normalized spacial score (nSPS) is 11.5. The highest BCUT2D eigenvalue weighted by Crippen LogP contribution is 2.26. The summed E-state index contributed by atoms with van der Waals surface area (Å²) < 4.78 is 41.3. The van der Waals surface area contributed by atoms with E-state index < -0.39 is 15.7 Å². The van der Waals surface area contributed by atoms with Crippen molar-refractivity contribution in [2.75, 3.05) is 6.26 Å². The van der Waals surface area contributed by atoms with Crippen LogP contribution < -0.4 is 5.32 Å². The molecule has 31 heavy (non-hydrogen) atoms. The number of aromatic nitrogens is 2. The maximum Gasteiger partial charge on any atom is 0.253 e. The number of hydrogen-bond acceptors (Lipinski definition) is 5. The van der Waals surface area contributed by atoms with Crippen LogP contribution in [0.5, 0.6) is 0 Å². The van der Waals surface area contributed by atoms with Crippen molar-refractivity contribution in [1.82, 2.24) is 14.7 Å². The lowest BCUT2D eigenvalue weighted by Crippen LogP contribution is -2.23. The Kier molecular flexibility index (Phi) is 5.79. The lowest BCUT2D eigenvalue weighted by atomic mass is 10.2. The van der Waals surface area contributed by atoms with Crippen molar-refractivity contribution >= 4 is 33.2 Å². The molecule has 2 aromatic carbocycles. The molecule has 0 bridgehead atoms. The quantitative estimate of drug-likeness (QED) is 0.445. The van der Waals surface area contributed by atoms with Gasteiger partial charge in [-0.2, -0.15) is 0 Å². The van der Waals surface area contributed by atoms with Crippen LogP contribution in [0.1, 0.15) is 15.9 Å². The van der Waals surface area contributed by atoms with E-state index in [4.69, 9.17) is 0 Å². The fourth-order valence-corrected chi connectivity index (χ4v) is 4.81. The number of carbonyl (C=O) groups excluding carboxylic acids is 1. The number of rotatable bonds is 6. The van der Waals surface area contributed by atoms with Crippen LogP contribution in [0.25, 0.3) is 5.65 Å². The predicted octanol–water partition coefficient (Wildman–Crippen LogP) is 3.96. The molecule has 0 aliphatic rings. The number of thioether (sulfide) groups is 1. The van der Waals surface area contributed by atoms with Gasteiger partial charge in [0.05, 0.1) is 15.4 Å². The monoisotopic (exact) mass is 455 g/mol. The number of nitrogens with one attached hydrogen (secondary N) is 1. The predicted molar refractivity (Wildman–Crippen MR) is 116 cm³/mol. The summed E-state index contributed by atoms with van der Waals surface area (Å²) in [6, 6.07) is 13.5. The summed E-state index contributed by atoms with van der Waals surface area (Å²) in [6.45, 7) is 0.234. The highest BCUT2D eigenvalue weighted by atomic mass is 32.2. The Balaban J connectivity index is 1.46. The van der Waals surface area contributed by atoms with E-state index in [-0.39, 0.29) is 22.2 Å². The molecule has 0 unspecified atom stereocenters. The Morgan fingerprint density at radius 3 is 2.55 bits per heavy atom. The molecule has 9 heteroatoms. The number of halogens is 1. The van der Waals surface area contributed by atoms with Gasteiger partial charge in [0.2, 0.25) is 9.84 Å². The van der Waals surface area contributed by atoms with Crippen molar-refractivity contribution < 1.29 is 17.6 Å². The van der Waals surface area contributed by atoms with E-state index in [1.54, 1.807) is 53.5 Å². The van der Waals surface area contributed by atoms with Crippen LogP contribution in [0.15, 0.2) is 87.9 Å². The van der Waals surface area contributed by atoms with E-state index in [0.29, 0.717) is 10.5 Å². The third-order valence-electron chi connectivity index (χ3n) is 4.77. The SMILES string of the molecule is CSc1ccc(S(=O)(=O)c2ccc(CNC(=O)c3ccc4nccn4c3)cc2)cc1F. The van der Waals surface area contributed by atoms with Crippen LogP contribution in [-0.2, 0) is 16.4 Å². The van der Waals surface area contributed by atoms with Crippen molar-refractivity contribution in [1.29, 1.82) is 0 Å².